The van der Waals surface area contributed by atoms with Crippen LogP contribution >= 0.6 is 11.3 Å². The van der Waals surface area contributed by atoms with E-state index in [4.69, 9.17) is 0 Å². The lowest BCUT2D eigenvalue weighted by Gasteiger charge is -2.38. The summed E-state index contributed by atoms with van der Waals surface area (Å²) in [7, 11) is 0. The third-order valence-electron chi connectivity index (χ3n) is 6.23. The molecule has 1 N–H and O–H groups in total. The Balaban J connectivity index is 1.36. The lowest BCUT2D eigenvalue weighted by atomic mass is 9.73. The zero-order valence-electron chi connectivity index (χ0n) is 15.6. The zero-order chi connectivity index (χ0) is 19.0. The Labute approximate surface area is 163 Å². The van der Waals surface area contributed by atoms with Gasteiger partial charge in [0.25, 0.3) is 11.8 Å². The third kappa shape index (κ3) is 3.25. The molecule has 3 aliphatic rings. The summed E-state index contributed by atoms with van der Waals surface area (Å²) in [4.78, 5) is 44.1. The molecule has 0 aromatic carbocycles. The summed E-state index contributed by atoms with van der Waals surface area (Å²) in [5.74, 6) is 0.166. The Kier molecular flexibility index (Phi) is 4.94. The first-order valence-corrected chi connectivity index (χ1v) is 10.6. The zero-order valence-corrected chi connectivity index (χ0v) is 16.5. The molecule has 4 amide bonds. The van der Waals surface area contributed by atoms with Gasteiger partial charge in [0, 0.05) is 26.2 Å². The molecule has 1 aliphatic carbocycles. The molecule has 0 radical (unpaired) electrons. The van der Waals surface area contributed by atoms with E-state index in [2.05, 4.69) is 17.1 Å². The Hall–Kier alpha value is -1.93. The second kappa shape index (κ2) is 7.24. The van der Waals surface area contributed by atoms with Crippen LogP contribution in [0, 0.1) is 5.92 Å². The summed E-state index contributed by atoms with van der Waals surface area (Å²) < 4.78 is 0. The molecular weight excluding hydrogens is 364 g/mol. The molecule has 3 heterocycles. The van der Waals surface area contributed by atoms with Crippen LogP contribution in [0.1, 0.15) is 42.3 Å². The van der Waals surface area contributed by atoms with Crippen molar-refractivity contribution in [1.82, 2.24) is 20.0 Å². The van der Waals surface area contributed by atoms with Gasteiger partial charge in [0.2, 0.25) is 0 Å². The standard InChI is InChI=1S/C19H26N4O3S/c1-14-5-2-3-7-19(14)17(25)23(18(26)20-19)13-21-8-10-22(11-9-21)16(24)15-6-4-12-27-15/h4,6,12,14H,2-3,5,7-11,13H2,1H3,(H,20,26)/t14-,19+/m0/s1. The number of hydrogen-bond acceptors (Lipinski definition) is 5. The van der Waals surface area contributed by atoms with E-state index in [-0.39, 0.29) is 23.8 Å². The molecule has 2 atom stereocenters. The van der Waals surface area contributed by atoms with Gasteiger partial charge in [-0.15, -0.1) is 11.3 Å². The molecule has 0 unspecified atom stereocenters. The fourth-order valence-corrected chi connectivity index (χ4v) is 5.16. The summed E-state index contributed by atoms with van der Waals surface area (Å²) in [6.07, 6.45) is 3.81. The molecule has 7 nitrogen and oxygen atoms in total. The Morgan fingerprint density at radius 3 is 2.70 bits per heavy atom. The van der Waals surface area contributed by atoms with Gasteiger partial charge in [-0.25, -0.2) is 9.69 Å². The number of nitrogens with one attached hydrogen (secondary N) is 1. The minimum Gasteiger partial charge on any atom is -0.335 e. The van der Waals surface area contributed by atoms with Gasteiger partial charge < -0.3 is 10.2 Å². The van der Waals surface area contributed by atoms with Gasteiger partial charge in [0.15, 0.2) is 0 Å². The first-order valence-electron chi connectivity index (χ1n) is 9.70. The van der Waals surface area contributed by atoms with Crippen molar-refractivity contribution >= 4 is 29.2 Å². The maximum absolute atomic E-state index is 13.1. The van der Waals surface area contributed by atoms with Crippen molar-refractivity contribution in [2.24, 2.45) is 5.92 Å². The minimum atomic E-state index is -0.702. The van der Waals surface area contributed by atoms with Crippen molar-refractivity contribution in [1.29, 1.82) is 0 Å². The van der Waals surface area contributed by atoms with Crippen LogP contribution in [0.5, 0.6) is 0 Å². The van der Waals surface area contributed by atoms with Crippen molar-refractivity contribution in [3.63, 3.8) is 0 Å². The number of carbonyl (C=O) groups excluding carboxylic acids is 3. The van der Waals surface area contributed by atoms with E-state index in [1.807, 2.05) is 22.4 Å². The maximum atomic E-state index is 13.1. The number of hydrogen-bond donors (Lipinski definition) is 1. The normalized spacial score (nSPS) is 29.4. The predicted molar refractivity (Wildman–Crippen MR) is 102 cm³/mol. The van der Waals surface area contributed by atoms with E-state index >= 15 is 0 Å². The molecule has 2 aliphatic heterocycles. The molecule has 0 bridgehead atoms. The van der Waals surface area contributed by atoms with Gasteiger partial charge in [-0.1, -0.05) is 25.8 Å². The summed E-state index contributed by atoms with van der Waals surface area (Å²) in [5.41, 5.74) is -0.702. The molecule has 1 aromatic rings. The van der Waals surface area contributed by atoms with Crippen LogP contribution in [0.15, 0.2) is 17.5 Å². The highest BCUT2D eigenvalue weighted by molar-refractivity contribution is 7.12. The largest absolute Gasteiger partial charge is 0.335 e. The van der Waals surface area contributed by atoms with Crippen molar-refractivity contribution in [2.45, 2.75) is 38.1 Å². The van der Waals surface area contributed by atoms with Gasteiger partial charge in [0.05, 0.1) is 11.5 Å². The molecule has 27 heavy (non-hydrogen) atoms. The van der Waals surface area contributed by atoms with Crippen LogP contribution in [-0.2, 0) is 4.79 Å². The van der Waals surface area contributed by atoms with E-state index < -0.39 is 5.54 Å². The van der Waals surface area contributed by atoms with Crippen molar-refractivity contribution < 1.29 is 14.4 Å². The van der Waals surface area contributed by atoms with Gasteiger partial charge in [-0.05, 0) is 30.2 Å². The molecule has 1 saturated carbocycles. The monoisotopic (exact) mass is 390 g/mol. The molecule has 2 saturated heterocycles. The summed E-state index contributed by atoms with van der Waals surface area (Å²) in [6, 6.07) is 3.46. The van der Waals surface area contributed by atoms with E-state index in [1.165, 1.54) is 16.2 Å². The molecule has 1 spiro atoms. The second-order valence-corrected chi connectivity index (χ2v) is 8.76. The Bertz CT molecular complexity index is 729. The van der Waals surface area contributed by atoms with Crippen LogP contribution in [0.25, 0.3) is 0 Å². The third-order valence-corrected chi connectivity index (χ3v) is 7.09. The number of carbonyl (C=O) groups is 3. The van der Waals surface area contributed by atoms with E-state index in [1.54, 1.807) is 0 Å². The average Bonchev–Trinajstić information content (AvgIpc) is 3.28. The van der Waals surface area contributed by atoms with Crippen LogP contribution in [0.3, 0.4) is 0 Å². The maximum Gasteiger partial charge on any atom is 0.326 e. The van der Waals surface area contributed by atoms with Crippen molar-refractivity contribution in [3.8, 4) is 0 Å². The van der Waals surface area contributed by atoms with E-state index in [9.17, 15) is 14.4 Å². The van der Waals surface area contributed by atoms with Crippen LogP contribution in [0.2, 0.25) is 0 Å². The summed E-state index contributed by atoms with van der Waals surface area (Å²) in [6.45, 7) is 4.92. The number of urea groups is 1. The SMILES string of the molecule is C[C@H]1CCCC[C@@]12NC(=O)N(CN1CCN(C(=O)c3cccs3)CC1)C2=O. The smallest absolute Gasteiger partial charge is 0.326 e. The summed E-state index contributed by atoms with van der Waals surface area (Å²) in [5, 5.41) is 4.91. The van der Waals surface area contributed by atoms with Gasteiger partial charge in [0.1, 0.15) is 5.54 Å². The van der Waals surface area contributed by atoms with Crippen LogP contribution in [-0.4, -0.2) is 70.9 Å². The van der Waals surface area contributed by atoms with Gasteiger partial charge >= 0.3 is 6.03 Å². The average molecular weight is 391 g/mol. The number of imide groups is 1. The number of nitrogens with zero attached hydrogens (tertiary/aromatic N) is 3. The van der Waals surface area contributed by atoms with Crippen molar-refractivity contribution in [3.05, 3.63) is 22.4 Å². The lowest BCUT2D eigenvalue weighted by molar-refractivity contribution is -0.135. The first-order chi connectivity index (χ1) is 13.0. The molecule has 4 rings (SSSR count). The Morgan fingerprint density at radius 1 is 1.26 bits per heavy atom. The highest BCUT2D eigenvalue weighted by atomic mass is 32.1. The van der Waals surface area contributed by atoms with Crippen LogP contribution < -0.4 is 5.32 Å². The number of amides is 4. The topological polar surface area (TPSA) is 73.0 Å². The molecule has 1 aromatic heterocycles. The number of thiophene rings is 1. The number of rotatable bonds is 3. The summed E-state index contributed by atoms with van der Waals surface area (Å²) >= 11 is 1.45. The fourth-order valence-electron chi connectivity index (χ4n) is 4.47. The number of piperazine rings is 1. The minimum absolute atomic E-state index is 0.0645. The molecule has 8 heteroatoms. The van der Waals surface area contributed by atoms with Crippen LogP contribution in [0.4, 0.5) is 4.79 Å². The highest BCUT2D eigenvalue weighted by Crippen LogP contribution is 2.38. The van der Waals surface area contributed by atoms with Crippen molar-refractivity contribution in [2.75, 3.05) is 32.8 Å². The van der Waals surface area contributed by atoms with E-state index in [0.29, 0.717) is 32.8 Å². The predicted octanol–water partition coefficient (Wildman–Crippen LogP) is 1.96. The highest BCUT2D eigenvalue weighted by Gasteiger charge is 2.55. The fraction of sp³-hybridized carbons (Fsp3) is 0.632. The van der Waals surface area contributed by atoms with Gasteiger partial charge in [-0.3, -0.25) is 14.5 Å². The second-order valence-electron chi connectivity index (χ2n) is 7.81. The molecule has 146 valence electrons. The quantitative estimate of drug-likeness (QED) is 0.801. The first kappa shape index (κ1) is 18.4. The Morgan fingerprint density at radius 2 is 2.04 bits per heavy atom. The van der Waals surface area contributed by atoms with E-state index in [0.717, 1.165) is 30.6 Å². The van der Waals surface area contributed by atoms with Gasteiger partial charge in [-0.2, -0.15) is 0 Å². The lowest BCUT2D eigenvalue weighted by Crippen LogP contribution is -2.55. The molecule has 3 fully saturated rings. The molecular formula is C19H26N4O3S.